The van der Waals surface area contributed by atoms with Gasteiger partial charge in [-0.15, -0.1) is 0 Å². The van der Waals surface area contributed by atoms with Gasteiger partial charge in [0.15, 0.2) is 11.4 Å². The van der Waals surface area contributed by atoms with Crippen LogP contribution in [0.25, 0.3) is 22.8 Å². The van der Waals surface area contributed by atoms with Crippen LogP contribution in [0.2, 0.25) is 0 Å². The van der Waals surface area contributed by atoms with Crippen LogP contribution >= 0.6 is 0 Å². The van der Waals surface area contributed by atoms with Crippen LogP contribution in [0.5, 0.6) is 0 Å². The van der Waals surface area contributed by atoms with Gasteiger partial charge >= 0.3 is 0 Å². The molecular formula is C10H10N6O4. The van der Waals surface area contributed by atoms with Crippen molar-refractivity contribution in [3.63, 3.8) is 0 Å². The lowest BCUT2D eigenvalue weighted by Gasteiger charge is -1.94. The maximum absolute atomic E-state index is 11.8. The molecule has 0 aromatic carbocycles. The molecule has 0 atom stereocenters. The number of aryl methyl sites for hydroxylation is 2. The van der Waals surface area contributed by atoms with E-state index >= 15 is 0 Å². The fourth-order valence-electron chi connectivity index (χ4n) is 1.84. The number of nitrogens with zero attached hydrogens (tertiary/aromatic N) is 6. The Morgan fingerprint density at radius 3 is 2.10 bits per heavy atom. The fourth-order valence-corrected chi connectivity index (χ4v) is 1.84. The summed E-state index contributed by atoms with van der Waals surface area (Å²) >= 11 is 0. The molecule has 0 spiro atoms. The number of hydrogen-bond acceptors (Lipinski definition) is 9. The lowest BCUT2D eigenvalue weighted by molar-refractivity contribution is -0.793. The van der Waals surface area contributed by atoms with Gasteiger partial charge in [0.2, 0.25) is 0 Å². The number of rotatable bonds is 4. The molecule has 0 amide bonds. The molecule has 0 aliphatic carbocycles. The van der Waals surface area contributed by atoms with Crippen LogP contribution in [0, 0.1) is 5.21 Å². The van der Waals surface area contributed by atoms with E-state index in [0.717, 1.165) is 0 Å². The molecule has 10 nitrogen and oxygen atoms in total. The Labute approximate surface area is 111 Å². The molecule has 3 rings (SSSR count). The predicted molar refractivity (Wildman–Crippen MR) is 60.8 cm³/mol. The molecule has 104 valence electrons. The number of aromatic nitrogens is 6. The largest absolute Gasteiger partial charge is 0.359 e. The molecule has 3 aromatic heterocycles. The molecule has 0 unspecified atom stereocenters. The second-order valence-corrected chi connectivity index (χ2v) is 3.95. The first kappa shape index (κ1) is 12.3. The van der Waals surface area contributed by atoms with Crippen molar-refractivity contribution in [1.29, 1.82) is 0 Å². The van der Waals surface area contributed by atoms with Gasteiger partial charge in [0.1, 0.15) is 11.4 Å². The molecule has 0 aliphatic heterocycles. The topological polar surface area (TPSA) is 131 Å². The normalized spacial score (nSPS) is 11.1. The van der Waals surface area contributed by atoms with Crippen molar-refractivity contribution in [3.05, 3.63) is 16.6 Å². The maximum Gasteiger partial charge on any atom is 0.282 e. The molecule has 0 saturated carbocycles. The molecule has 0 bridgehead atoms. The van der Waals surface area contributed by atoms with Crippen LogP contribution in [0.1, 0.15) is 25.2 Å². The van der Waals surface area contributed by atoms with Crippen molar-refractivity contribution in [2.24, 2.45) is 0 Å². The minimum Gasteiger partial charge on any atom is -0.359 e. The third-order valence-electron chi connectivity index (χ3n) is 2.84. The maximum atomic E-state index is 11.8. The Morgan fingerprint density at radius 1 is 0.850 bits per heavy atom. The van der Waals surface area contributed by atoms with Gasteiger partial charge in [-0.2, -0.15) is 0 Å². The van der Waals surface area contributed by atoms with Gasteiger partial charge in [0.05, 0.1) is 0 Å². The van der Waals surface area contributed by atoms with E-state index in [-0.39, 0.29) is 22.0 Å². The Kier molecular flexibility index (Phi) is 2.89. The van der Waals surface area contributed by atoms with E-state index < -0.39 is 0 Å². The van der Waals surface area contributed by atoms with E-state index in [9.17, 15) is 5.21 Å². The molecule has 20 heavy (non-hydrogen) atoms. The molecule has 3 aromatic rings. The average molecular weight is 278 g/mol. The SMILES string of the molecule is CCc1nonc1-c1no[n+]([O-])c1-c1nonc1CC. The van der Waals surface area contributed by atoms with E-state index in [1.807, 2.05) is 13.8 Å². The van der Waals surface area contributed by atoms with Gasteiger partial charge in [-0.1, -0.05) is 24.2 Å². The summed E-state index contributed by atoms with van der Waals surface area (Å²) < 4.78 is 14.0. The summed E-state index contributed by atoms with van der Waals surface area (Å²) in [6.07, 6.45) is 1.11. The van der Waals surface area contributed by atoms with E-state index in [0.29, 0.717) is 29.9 Å². The van der Waals surface area contributed by atoms with Crippen molar-refractivity contribution < 1.29 is 18.8 Å². The van der Waals surface area contributed by atoms with Crippen molar-refractivity contribution in [3.8, 4) is 22.8 Å². The van der Waals surface area contributed by atoms with Gasteiger partial charge < -0.3 is 5.21 Å². The van der Waals surface area contributed by atoms with Gasteiger partial charge in [0, 0.05) is 5.16 Å². The second kappa shape index (κ2) is 4.72. The predicted octanol–water partition coefficient (Wildman–Crippen LogP) is 0.533. The van der Waals surface area contributed by atoms with Crippen LogP contribution in [-0.2, 0) is 12.8 Å². The summed E-state index contributed by atoms with van der Waals surface area (Å²) in [4.78, 5) is 0.238. The zero-order valence-electron chi connectivity index (χ0n) is 10.7. The summed E-state index contributed by atoms with van der Waals surface area (Å²) in [5.74, 6) is 0. The van der Waals surface area contributed by atoms with E-state index in [1.54, 1.807) is 0 Å². The molecular weight excluding hydrogens is 268 g/mol. The highest BCUT2D eigenvalue weighted by molar-refractivity contribution is 5.72. The zero-order valence-corrected chi connectivity index (χ0v) is 10.7. The van der Waals surface area contributed by atoms with Crippen molar-refractivity contribution in [2.45, 2.75) is 26.7 Å². The highest BCUT2D eigenvalue weighted by Gasteiger charge is 2.32. The smallest absolute Gasteiger partial charge is 0.282 e. The molecule has 0 saturated heterocycles. The minimum absolute atomic E-state index is 0.0773. The van der Waals surface area contributed by atoms with Crippen LogP contribution in [-0.4, -0.2) is 25.8 Å². The van der Waals surface area contributed by atoms with E-state index in [4.69, 9.17) is 0 Å². The van der Waals surface area contributed by atoms with Gasteiger partial charge in [-0.05, 0) is 28.1 Å². The second-order valence-electron chi connectivity index (χ2n) is 3.95. The summed E-state index contributed by atoms with van der Waals surface area (Å²) in [5.41, 5.74) is 1.97. The van der Waals surface area contributed by atoms with Crippen LogP contribution in [0.3, 0.4) is 0 Å². The first-order chi connectivity index (χ1) is 9.76. The Balaban J connectivity index is 2.20. The molecule has 0 fully saturated rings. The molecule has 10 heteroatoms. The monoisotopic (exact) mass is 278 g/mol. The zero-order chi connectivity index (χ0) is 14.1. The Hall–Kier alpha value is -2.78. The van der Waals surface area contributed by atoms with Crippen LogP contribution in [0.15, 0.2) is 13.9 Å². The highest BCUT2D eigenvalue weighted by atomic mass is 16.8. The third kappa shape index (κ3) is 1.73. The standard InChI is InChI=1S/C10H10N6O4/c1-3-5-7(13-18-11-5)9-10(16(17)20-15-9)8-6(4-2)12-19-14-8/h3-4H2,1-2H3. The summed E-state index contributed by atoms with van der Waals surface area (Å²) in [5, 5.41) is 30.5. The molecule has 3 heterocycles. The van der Waals surface area contributed by atoms with Crippen molar-refractivity contribution >= 4 is 0 Å². The Bertz CT molecular complexity index is 730. The molecule has 0 aliphatic rings. The summed E-state index contributed by atoms with van der Waals surface area (Å²) in [7, 11) is 0. The lowest BCUT2D eigenvalue weighted by Crippen LogP contribution is -2.26. The summed E-state index contributed by atoms with van der Waals surface area (Å²) in [6, 6.07) is 0. The van der Waals surface area contributed by atoms with Crippen molar-refractivity contribution in [1.82, 2.24) is 25.8 Å². The lowest BCUT2D eigenvalue weighted by atomic mass is 10.1. The summed E-state index contributed by atoms with van der Waals surface area (Å²) in [6.45, 7) is 3.74. The van der Waals surface area contributed by atoms with Gasteiger partial charge in [0.25, 0.3) is 11.4 Å². The number of hydrogen-bond donors (Lipinski definition) is 0. The first-order valence-electron chi connectivity index (χ1n) is 5.99. The van der Waals surface area contributed by atoms with E-state index in [2.05, 4.69) is 39.7 Å². The first-order valence-corrected chi connectivity index (χ1v) is 5.99. The molecule has 0 N–H and O–H groups in total. The molecule has 0 radical (unpaired) electrons. The highest BCUT2D eigenvalue weighted by Crippen LogP contribution is 2.29. The fraction of sp³-hybridized carbons (Fsp3) is 0.400. The average Bonchev–Trinajstić information content (AvgIpc) is 3.15. The quantitative estimate of drug-likeness (QED) is 0.627. The third-order valence-corrected chi connectivity index (χ3v) is 2.84. The van der Waals surface area contributed by atoms with E-state index in [1.165, 1.54) is 0 Å². The van der Waals surface area contributed by atoms with Crippen LogP contribution in [0.4, 0.5) is 0 Å². The van der Waals surface area contributed by atoms with Crippen LogP contribution < -0.4 is 4.90 Å². The Morgan fingerprint density at radius 2 is 1.45 bits per heavy atom. The van der Waals surface area contributed by atoms with Gasteiger partial charge in [-0.25, -0.2) is 9.26 Å². The van der Waals surface area contributed by atoms with Crippen molar-refractivity contribution in [2.75, 3.05) is 0 Å². The van der Waals surface area contributed by atoms with Gasteiger partial charge in [-0.3, -0.25) is 4.63 Å². The minimum atomic E-state index is 0.0773.